The molecule has 110 valence electrons. The van der Waals surface area contributed by atoms with Crippen LogP contribution in [0.3, 0.4) is 0 Å². The molecule has 6 heteroatoms. The molecule has 1 aliphatic rings. The largest absolute Gasteiger partial charge is 0.493 e. The molecule has 0 aromatic heterocycles. The highest BCUT2D eigenvalue weighted by molar-refractivity contribution is 9.10. The van der Waals surface area contributed by atoms with Gasteiger partial charge in [0.05, 0.1) is 16.8 Å². The van der Waals surface area contributed by atoms with Crippen LogP contribution in [0.5, 0.6) is 5.75 Å². The van der Waals surface area contributed by atoms with E-state index in [1.165, 1.54) is 6.07 Å². The summed E-state index contributed by atoms with van der Waals surface area (Å²) < 4.78 is 32.7. The molecule has 0 saturated heterocycles. The molecule has 0 radical (unpaired) electrons. The maximum Gasteiger partial charge on any atom is 0.149 e. The van der Waals surface area contributed by atoms with E-state index in [4.69, 9.17) is 16.3 Å². The Labute approximate surface area is 134 Å². The minimum atomic E-state index is -0.643. The zero-order valence-corrected chi connectivity index (χ0v) is 13.2. The van der Waals surface area contributed by atoms with E-state index in [9.17, 15) is 8.78 Å². The van der Waals surface area contributed by atoms with Crippen LogP contribution >= 0.6 is 27.5 Å². The third kappa shape index (κ3) is 2.99. The SMILES string of the molecule is Fc1cc(F)c(NCc2cc(Cl)cc3c2OCC3)cc1Br. The van der Waals surface area contributed by atoms with Crippen LogP contribution in [0, 0.1) is 11.6 Å². The lowest BCUT2D eigenvalue weighted by atomic mass is 10.1. The van der Waals surface area contributed by atoms with E-state index in [0.29, 0.717) is 18.2 Å². The number of anilines is 1. The summed E-state index contributed by atoms with van der Waals surface area (Å²) >= 11 is 9.11. The van der Waals surface area contributed by atoms with Gasteiger partial charge in [0.15, 0.2) is 0 Å². The van der Waals surface area contributed by atoms with Gasteiger partial charge in [-0.15, -0.1) is 0 Å². The Hall–Kier alpha value is -1.33. The van der Waals surface area contributed by atoms with Crippen molar-refractivity contribution in [3.8, 4) is 5.75 Å². The molecule has 1 N–H and O–H groups in total. The topological polar surface area (TPSA) is 21.3 Å². The van der Waals surface area contributed by atoms with Gasteiger partial charge in [0.25, 0.3) is 0 Å². The number of benzene rings is 2. The Morgan fingerprint density at radius 3 is 2.81 bits per heavy atom. The molecule has 0 fully saturated rings. The summed E-state index contributed by atoms with van der Waals surface area (Å²) in [5.41, 5.74) is 2.13. The molecule has 0 spiro atoms. The quantitative estimate of drug-likeness (QED) is 0.769. The van der Waals surface area contributed by atoms with E-state index >= 15 is 0 Å². The van der Waals surface area contributed by atoms with Crippen molar-refractivity contribution in [2.45, 2.75) is 13.0 Å². The van der Waals surface area contributed by atoms with Gasteiger partial charge in [0.2, 0.25) is 0 Å². The normalized spacial score (nSPS) is 13.0. The van der Waals surface area contributed by atoms with Crippen molar-refractivity contribution in [3.63, 3.8) is 0 Å². The van der Waals surface area contributed by atoms with Crippen molar-refractivity contribution in [1.29, 1.82) is 0 Å². The molecule has 2 aromatic rings. The van der Waals surface area contributed by atoms with Gasteiger partial charge >= 0.3 is 0 Å². The van der Waals surface area contributed by atoms with Crippen molar-refractivity contribution in [3.05, 3.63) is 56.5 Å². The van der Waals surface area contributed by atoms with Crippen molar-refractivity contribution < 1.29 is 13.5 Å². The summed E-state index contributed by atoms with van der Waals surface area (Å²) in [7, 11) is 0. The second-order valence-electron chi connectivity index (χ2n) is 4.75. The van der Waals surface area contributed by atoms with E-state index < -0.39 is 11.6 Å². The Balaban J connectivity index is 1.84. The molecule has 2 aromatic carbocycles. The summed E-state index contributed by atoms with van der Waals surface area (Å²) in [5.74, 6) is -0.478. The average molecular weight is 375 g/mol. The predicted octanol–water partition coefficient (Wildman–Crippen LogP) is 4.93. The Kier molecular flexibility index (Phi) is 4.04. The van der Waals surface area contributed by atoms with Crippen molar-refractivity contribution >= 4 is 33.2 Å². The molecular weight excluding hydrogens is 364 g/mol. The lowest BCUT2D eigenvalue weighted by molar-refractivity contribution is 0.354. The lowest BCUT2D eigenvalue weighted by Crippen LogP contribution is -2.04. The van der Waals surface area contributed by atoms with E-state index in [2.05, 4.69) is 21.2 Å². The molecular formula is C15H11BrClF2NO. The van der Waals surface area contributed by atoms with Gasteiger partial charge in [0.1, 0.15) is 17.4 Å². The molecule has 21 heavy (non-hydrogen) atoms. The molecule has 0 amide bonds. The third-order valence-corrected chi connectivity index (χ3v) is 4.13. The van der Waals surface area contributed by atoms with Crippen LogP contribution in [-0.2, 0) is 13.0 Å². The van der Waals surface area contributed by atoms with Gasteiger partial charge in [-0.05, 0) is 39.7 Å². The predicted molar refractivity (Wildman–Crippen MR) is 82.0 cm³/mol. The number of ether oxygens (including phenoxy) is 1. The number of rotatable bonds is 3. The molecule has 3 rings (SSSR count). The van der Waals surface area contributed by atoms with Crippen LogP contribution in [0.15, 0.2) is 28.7 Å². The van der Waals surface area contributed by atoms with Crippen LogP contribution in [0.1, 0.15) is 11.1 Å². The maximum absolute atomic E-state index is 13.7. The van der Waals surface area contributed by atoms with E-state index in [1.807, 2.05) is 6.07 Å². The highest BCUT2D eigenvalue weighted by Crippen LogP contribution is 2.33. The minimum Gasteiger partial charge on any atom is -0.493 e. The number of halogens is 4. The highest BCUT2D eigenvalue weighted by Gasteiger charge is 2.18. The molecule has 0 bridgehead atoms. The monoisotopic (exact) mass is 373 g/mol. The summed E-state index contributed by atoms with van der Waals surface area (Å²) in [4.78, 5) is 0. The second-order valence-corrected chi connectivity index (χ2v) is 6.04. The van der Waals surface area contributed by atoms with Gasteiger partial charge < -0.3 is 10.1 Å². The first-order valence-electron chi connectivity index (χ1n) is 6.37. The zero-order chi connectivity index (χ0) is 15.0. The summed E-state index contributed by atoms with van der Waals surface area (Å²) in [5, 5.41) is 3.57. The molecule has 1 heterocycles. The number of hydrogen-bond donors (Lipinski definition) is 1. The second kappa shape index (κ2) is 5.81. The Morgan fingerprint density at radius 2 is 2.00 bits per heavy atom. The van der Waals surface area contributed by atoms with Crippen LogP contribution in [-0.4, -0.2) is 6.61 Å². The van der Waals surface area contributed by atoms with Gasteiger partial charge in [-0.3, -0.25) is 0 Å². The Bertz CT molecular complexity index is 709. The van der Waals surface area contributed by atoms with Gasteiger partial charge in [0, 0.05) is 29.6 Å². The zero-order valence-electron chi connectivity index (χ0n) is 10.9. The fourth-order valence-electron chi connectivity index (χ4n) is 2.33. The molecule has 1 aliphatic heterocycles. The van der Waals surface area contributed by atoms with E-state index in [0.717, 1.165) is 29.4 Å². The van der Waals surface area contributed by atoms with Crippen LogP contribution in [0.2, 0.25) is 5.02 Å². The molecule has 0 saturated carbocycles. The molecule has 0 aliphatic carbocycles. The Morgan fingerprint density at radius 1 is 1.19 bits per heavy atom. The first-order chi connectivity index (χ1) is 10.0. The highest BCUT2D eigenvalue weighted by atomic mass is 79.9. The van der Waals surface area contributed by atoms with Crippen molar-refractivity contribution in [2.24, 2.45) is 0 Å². The van der Waals surface area contributed by atoms with Gasteiger partial charge in [-0.2, -0.15) is 0 Å². The minimum absolute atomic E-state index is 0.207. The number of hydrogen-bond acceptors (Lipinski definition) is 2. The number of fused-ring (bicyclic) bond motifs is 1. The fourth-order valence-corrected chi connectivity index (χ4v) is 2.93. The van der Waals surface area contributed by atoms with Crippen LogP contribution in [0.4, 0.5) is 14.5 Å². The van der Waals surface area contributed by atoms with Gasteiger partial charge in [-0.25, -0.2) is 8.78 Å². The standard InChI is InChI=1S/C15H11BrClF2NO/c16-11-5-14(13(19)6-12(11)18)20-7-9-4-10(17)3-8-1-2-21-15(8)9/h3-6,20H,1-2,7H2. The lowest BCUT2D eigenvalue weighted by Gasteiger charge is -2.12. The van der Waals surface area contributed by atoms with Crippen LogP contribution in [0.25, 0.3) is 0 Å². The summed E-state index contributed by atoms with van der Waals surface area (Å²) in [6, 6.07) is 5.87. The van der Waals surface area contributed by atoms with E-state index in [1.54, 1.807) is 6.07 Å². The van der Waals surface area contributed by atoms with Gasteiger partial charge in [-0.1, -0.05) is 11.6 Å². The van der Waals surface area contributed by atoms with Crippen molar-refractivity contribution in [2.75, 3.05) is 11.9 Å². The summed E-state index contributed by atoms with van der Waals surface area (Å²) in [6.07, 6.45) is 0.819. The molecule has 2 nitrogen and oxygen atoms in total. The smallest absolute Gasteiger partial charge is 0.149 e. The van der Waals surface area contributed by atoms with Crippen LogP contribution < -0.4 is 10.1 Å². The summed E-state index contributed by atoms with van der Waals surface area (Å²) in [6.45, 7) is 0.969. The third-order valence-electron chi connectivity index (χ3n) is 3.30. The average Bonchev–Trinajstić information content (AvgIpc) is 2.89. The first-order valence-corrected chi connectivity index (χ1v) is 7.54. The fraction of sp³-hybridized carbons (Fsp3) is 0.200. The van der Waals surface area contributed by atoms with E-state index in [-0.39, 0.29) is 10.2 Å². The maximum atomic E-state index is 13.7. The number of nitrogens with one attached hydrogen (secondary N) is 1. The molecule has 0 atom stereocenters. The first kappa shape index (κ1) is 14.6. The van der Waals surface area contributed by atoms with Crippen molar-refractivity contribution in [1.82, 2.24) is 0 Å². The molecule has 0 unspecified atom stereocenters.